The van der Waals surface area contributed by atoms with E-state index in [1.165, 1.54) is 11.1 Å². The average molecular weight is 370 g/mol. The van der Waals surface area contributed by atoms with Crippen LogP contribution in [0.4, 0.5) is 0 Å². The van der Waals surface area contributed by atoms with Crippen LogP contribution in [-0.2, 0) is 16.0 Å². The van der Waals surface area contributed by atoms with E-state index >= 15 is 0 Å². The van der Waals surface area contributed by atoms with Crippen LogP contribution in [0.5, 0.6) is 5.75 Å². The molecule has 2 N–H and O–H groups in total. The normalized spacial score (nSPS) is 34.7. The lowest BCUT2D eigenvalue weighted by Crippen LogP contribution is -2.44. The van der Waals surface area contributed by atoms with E-state index < -0.39 is 5.97 Å². The Bertz CT molecular complexity index is 783. The molecule has 0 bridgehead atoms. The Morgan fingerprint density at radius 1 is 1.30 bits per heavy atom. The Morgan fingerprint density at radius 2 is 2.07 bits per heavy atom. The number of aliphatic carboxylic acids is 1. The minimum atomic E-state index is -0.745. The minimum absolute atomic E-state index is 0.198. The maximum Gasteiger partial charge on any atom is 0.303 e. The second kappa shape index (κ2) is 6.65. The highest BCUT2D eigenvalue weighted by Crippen LogP contribution is 2.62. The maximum absolute atomic E-state index is 12.9. The summed E-state index contributed by atoms with van der Waals surface area (Å²) < 4.78 is 0. The van der Waals surface area contributed by atoms with Crippen molar-refractivity contribution >= 4 is 11.8 Å². The number of benzene rings is 1. The molecular weight excluding hydrogens is 340 g/mol. The van der Waals surface area contributed by atoms with E-state index in [0.29, 0.717) is 48.0 Å². The molecule has 27 heavy (non-hydrogen) atoms. The zero-order valence-electron chi connectivity index (χ0n) is 16.3. The van der Waals surface area contributed by atoms with Gasteiger partial charge in [-0.05, 0) is 91.9 Å². The maximum atomic E-state index is 12.9. The molecule has 2 saturated carbocycles. The summed E-state index contributed by atoms with van der Waals surface area (Å²) in [6.45, 7) is 4.13. The predicted octanol–water partition coefficient (Wildman–Crippen LogP) is 4.61. The number of aryl methyl sites for hydroxylation is 2. The van der Waals surface area contributed by atoms with Crippen LogP contribution in [0.15, 0.2) is 12.1 Å². The number of rotatable bonds is 4. The zero-order valence-corrected chi connectivity index (χ0v) is 16.3. The van der Waals surface area contributed by atoms with E-state index in [9.17, 15) is 14.7 Å². The first-order valence-corrected chi connectivity index (χ1v) is 10.4. The molecule has 2 fully saturated rings. The van der Waals surface area contributed by atoms with Crippen molar-refractivity contribution in [3.63, 3.8) is 0 Å². The lowest BCUT2D eigenvalue weighted by molar-refractivity contribution is -0.137. The van der Waals surface area contributed by atoms with Crippen molar-refractivity contribution < 1.29 is 19.8 Å². The van der Waals surface area contributed by atoms with E-state index in [-0.39, 0.29) is 11.8 Å². The van der Waals surface area contributed by atoms with Crippen molar-refractivity contribution in [1.82, 2.24) is 0 Å². The summed E-state index contributed by atoms with van der Waals surface area (Å²) in [6, 6.07) is 4.11. The first kappa shape index (κ1) is 18.5. The van der Waals surface area contributed by atoms with E-state index in [0.717, 1.165) is 37.7 Å². The lowest BCUT2D eigenvalue weighted by atomic mass is 9.54. The molecule has 0 aliphatic heterocycles. The molecule has 5 atom stereocenters. The molecule has 1 aromatic carbocycles. The fourth-order valence-corrected chi connectivity index (χ4v) is 6.56. The highest BCUT2D eigenvalue weighted by molar-refractivity contribution is 5.87. The molecule has 0 spiro atoms. The number of fused-ring (bicyclic) bond motifs is 5. The summed E-state index contributed by atoms with van der Waals surface area (Å²) in [5.41, 5.74) is 3.36. The number of phenols is 1. The molecule has 3 aliphatic rings. The highest BCUT2D eigenvalue weighted by Gasteiger charge is 2.58. The SMILES string of the molecule is Cc1cc2c(cc1O)CC[C@H]1[C@@H]3[C@@H](CCCC(=O)O)CC(=O)[C@@]3(C)CC[C@H]21. The summed E-state index contributed by atoms with van der Waals surface area (Å²) in [4.78, 5) is 23.8. The number of ketones is 1. The summed E-state index contributed by atoms with van der Waals surface area (Å²) in [5, 5.41) is 19.1. The van der Waals surface area contributed by atoms with E-state index in [4.69, 9.17) is 5.11 Å². The number of Topliss-reactive ketones (excluding diaryl/α,β-unsaturated/α-hetero) is 1. The van der Waals surface area contributed by atoms with Crippen LogP contribution in [0.3, 0.4) is 0 Å². The largest absolute Gasteiger partial charge is 0.508 e. The van der Waals surface area contributed by atoms with Crippen LogP contribution in [0.1, 0.15) is 74.5 Å². The molecule has 0 heterocycles. The van der Waals surface area contributed by atoms with Crippen LogP contribution in [0, 0.1) is 30.1 Å². The third-order valence-corrected chi connectivity index (χ3v) is 7.85. The van der Waals surface area contributed by atoms with Crippen LogP contribution >= 0.6 is 0 Å². The van der Waals surface area contributed by atoms with Gasteiger partial charge in [0.25, 0.3) is 0 Å². The molecule has 4 nitrogen and oxygen atoms in total. The Balaban J connectivity index is 1.63. The number of hydrogen-bond acceptors (Lipinski definition) is 3. The van der Waals surface area contributed by atoms with E-state index in [1.807, 2.05) is 13.0 Å². The Labute approximate surface area is 161 Å². The second-order valence-corrected chi connectivity index (χ2v) is 9.30. The Hall–Kier alpha value is -1.84. The molecule has 4 rings (SSSR count). The van der Waals surface area contributed by atoms with Crippen molar-refractivity contribution in [2.75, 3.05) is 0 Å². The smallest absolute Gasteiger partial charge is 0.303 e. The van der Waals surface area contributed by atoms with Gasteiger partial charge in [0.1, 0.15) is 11.5 Å². The quantitative estimate of drug-likeness (QED) is 0.812. The van der Waals surface area contributed by atoms with Gasteiger partial charge in [0.2, 0.25) is 0 Å². The Morgan fingerprint density at radius 3 is 2.81 bits per heavy atom. The van der Waals surface area contributed by atoms with Crippen molar-refractivity contribution in [3.05, 3.63) is 28.8 Å². The highest BCUT2D eigenvalue weighted by atomic mass is 16.4. The zero-order chi connectivity index (χ0) is 19.3. The first-order chi connectivity index (χ1) is 12.8. The molecule has 1 aromatic rings. The van der Waals surface area contributed by atoms with Gasteiger partial charge in [-0.15, -0.1) is 0 Å². The number of hydrogen-bond donors (Lipinski definition) is 2. The van der Waals surface area contributed by atoms with Gasteiger partial charge >= 0.3 is 5.97 Å². The average Bonchev–Trinajstić information content (AvgIpc) is 2.86. The standard InChI is InChI=1S/C23H30O4/c1-13-10-18-14(11-19(13)24)6-7-17-16(18)8-9-23(2)20(25)12-15(22(17)23)4-3-5-21(26)27/h10-11,15-17,22,24H,3-9,12H2,1-2H3,(H,26,27)/t15-,16-,17+,22-,23+/m0/s1. The Kier molecular flexibility index (Phi) is 4.56. The van der Waals surface area contributed by atoms with Crippen LogP contribution < -0.4 is 0 Å². The molecule has 0 saturated heterocycles. The number of carbonyl (C=O) groups excluding carboxylic acids is 1. The van der Waals surface area contributed by atoms with Crippen molar-refractivity contribution in [2.24, 2.45) is 23.2 Å². The van der Waals surface area contributed by atoms with Crippen molar-refractivity contribution in [1.29, 1.82) is 0 Å². The molecule has 3 aliphatic carbocycles. The summed E-state index contributed by atoms with van der Waals surface area (Å²) in [6.07, 6.45) is 6.36. The topological polar surface area (TPSA) is 74.6 Å². The van der Waals surface area contributed by atoms with Gasteiger partial charge in [-0.3, -0.25) is 9.59 Å². The van der Waals surface area contributed by atoms with Gasteiger partial charge in [-0.1, -0.05) is 13.0 Å². The van der Waals surface area contributed by atoms with Gasteiger partial charge < -0.3 is 10.2 Å². The third-order valence-electron chi connectivity index (χ3n) is 7.85. The van der Waals surface area contributed by atoms with Gasteiger partial charge in [-0.2, -0.15) is 0 Å². The summed E-state index contributed by atoms with van der Waals surface area (Å²) in [7, 11) is 0. The van der Waals surface area contributed by atoms with E-state index in [1.54, 1.807) is 0 Å². The number of aromatic hydroxyl groups is 1. The number of carbonyl (C=O) groups is 2. The van der Waals surface area contributed by atoms with Gasteiger partial charge in [-0.25, -0.2) is 0 Å². The van der Waals surface area contributed by atoms with Gasteiger partial charge in [0, 0.05) is 18.3 Å². The predicted molar refractivity (Wildman–Crippen MR) is 103 cm³/mol. The molecular formula is C23H30O4. The first-order valence-electron chi connectivity index (χ1n) is 10.4. The molecule has 146 valence electrons. The number of phenolic OH excluding ortho intramolecular Hbond substituents is 1. The molecule has 0 unspecified atom stereocenters. The van der Waals surface area contributed by atoms with Gasteiger partial charge in [0.05, 0.1) is 0 Å². The second-order valence-electron chi connectivity index (χ2n) is 9.30. The fraction of sp³-hybridized carbons (Fsp3) is 0.652. The van der Waals surface area contributed by atoms with Crippen LogP contribution in [-0.4, -0.2) is 22.0 Å². The lowest BCUT2D eigenvalue weighted by Gasteiger charge is -2.50. The molecule has 0 amide bonds. The molecule has 0 aromatic heterocycles. The summed E-state index contributed by atoms with van der Waals surface area (Å²) in [5.74, 6) is 1.72. The fourth-order valence-electron chi connectivity index (χ4n) is 6.56. The molecule has 0 radical (unpaired) electrons. The summed E-state index contributed by atoms with van der Waals surface area (Å²) >= 11 is 0. The third kappa shape index (κ3) is 2.97. The van der Waals surface area contributed by atoms with Gasteiger partial charge in [0.15, 0.2) is 0 Å². The number of carboxylic acids is 1. The van der Waals surface area contributed by atoms with Crippen LogP contribution in [0.2, 0.25) is 0 Å². The van der Waals surface area contributed by atoms with Crippen LogP contribution in [0.25, 0.3) is 0 Å². The van der Waals surface area contributed by atoms with E-state index in [2.05, 4.69) is 13.0 Å². The van der Waals surface area contributed by atoms with Crippen molar-refractivity contribution in [3.8, 4) is 5.75 Å². The molecule has 4 heteroatoms. The van der Waals surface area contributed by atoms with Crippen molar-refractivity contribution in [2.45, 2.75) is 71.1 Å². The number of carboxylic acid groups (broad SMARTS) is 1. The monoisotopic (exact) mass is 370 g/mol. The minimum Gasteiger partial charge on any atom is -0.508 e.